The highest BCUT2D eigenvalue weighted by Gasteiger charge is 2.19. The Balaban J connectivity index is 1.76. The second-order valence-corrected chi connectivity index (χ2v) is 8.01. The molecule has 0 unspecified atom stereocenters. The van der Waals surface area contributed by atoms with Gasteiger partial charge in [-0.3, -0.25) is 4.79 Å². The molecule has 5 nitrogen and oxygen atoms in total. The molecular formula is C28H25F2NO4. The van der Waals surface area contributed by atoms with Gasteiger partial charge in [-0.25, -0.2) is 8.78 Å². The first-order valence-electron chi connectivity index (χ1n) is 11.1. The van der Waals surface area contributed by atoms with Crippen molar-refractivity contribution < 1.29 is 27.5 Å². The molecule has 0 aliphatic carbocycles. The Hall–Kier alpha value is -4.13. The molecule has 0 aliphatic heterocycles. The van der Waals surface area contributed by atoms with Crippen LogP contribution in [0.3, 0.4) is 0 Å². The molecule has 1 heterocycles. The normalized spacial score (nSPS) is 11.5. The lowest BCUT2D eigenvalue weighted by atomic mass is 9.96. The Morgan fingerprint density at radius 3 is 2.51 bits per heavy atom. The lowest BCUT2D eigenvalue weighted by Gasteiger charge is -2.15. The Morgan fingerprint density at radius 1 is 1.11 bits per heavy atom. The van der Waals surface area contributed by atoms with Gasteiger partial charge < -0.3 is 19.2 Å². The number of furan rings is 1. The Bertz CT molecular complexity index is 1420. The second-order valence-electron chi connectivity index (χ2n) is 8.01. The first-order chi connectivity index (χ1) is 16.8. The van der Waals surface area contributed by atoms with Gasteiger partial charge in [0.2, 0.25) is 5.91 Å². The van der Waals surface area contributed by atoms with Crippen LogP contribution in [-0.2, 0) is 4.79 Å². The summed E-state index contributed by atoms with van der Waals surface area (Å²) in [5, 5.41) is 3.32. The van der Waals surface area contributed by atoms with E-state index in [1.165, 1.54) is 12.1 Å². The molecule has 0 saturated heterocycles. The Kier molecular flexibility index (Phi) is 6.87. The second kappa shape index (κ2) is 10.0. The van der Waals surface area contributed by atoms with Gasteiger partial charge in [-0.2, -0.15) is 0 Å². The monoisotopic (exact) mass is 477 g/mol. The fourth-order valence-corrected chi connectivity index (χ4v) is 3.97. The Morgan fingerprint density at radius 2 is 1.86 bits per heavy atom. The summed E-state index contributed by atoms with van der Waals surface area (Å²) in [5.74, 6) is -0.760. The minimum absolute atomic E-state index is 0.103. The van der Waals surface area contributed by atoms with Crippen LogP contribution in [-0.4, -0.2) is 19.6 Å². The highest BCUT2D eigenvalue weighted by Crippen LogP contribution is 2.41. The highest BCUT2D eigenvalue weighted by molar-refractivity contribution is 6.06. The number of ether oxygens (including phenoxy) is 2. The van der Waals surface area contributed by atoms with Crippen LogP contribution in [0.25, 0.3) is 27.7 Å². The van der Waals surface area contributed by atoms with Crippen LogP contribution in [0.15, 0.2) is 65.3 Å². The molecule has 0 fully saturated rings. The first kappa shape index (κ1) is 24.0. The van der Waals surface area contributed by atoms with Crippen LogP contribution >= 0.6 is 0 Å². The molecule has 1 amide bonds. The van der Waals surface area contributed by atoms with Gasteiger partial charge in [0, 0.05) is 34.2 Å². The number of fused-ring (bicyclic) bond motifs is 1. The van der Waals surface area contributed by atoms with Gasteiger partial charge in [0.1, 0.15) is 28.7 Å². The maximum absolute atomic E-state index is 14.0. The minimum atomic E-state index is -0.848. The number of nitrogens with one attached hydrogen (secondary N) is 1. The molecule has 0 atom stereocenters. The van der Waals surface area contributed by atoms with E-state index in [0.29, 0.717) is 29.1 Å². The van der Waals surface area contributed by atoms with Crippen LogP contribution in [0.4, 0.5) is 14.5 Å². The lowest BCUT2D eigenvalue weighted by Crippen LogP contribution is -2.10. The van der Waals surface area contributed by atoms with Crippen molar-refractivity contribution in [1.29, 1.82) is 0 Å². The van der Waals surface area contributed by atoms with Crippen molar-refractivity contribution in [2.75, 3.05) is 19.0 Å². The number of hydrogen-bond acceptors (Lipinski definition) is 4. The molecule has 3 aromatic carbocycles. The molecule has 4 aromatic rings. The van der Waals surface area contributed by atoms with Crippen LogP contribution in [0.5, 0.6) is 11.5 Å². The van der Waals surface area contributed by atoms with Crippen molar-refractivity contribution in [2.24, 2.45) is 0 Å². The van der Waals surface area contributed by atoms with Crippen molar-refractivity contribution in [3.63, 3.8) is 0 Å². The molecule has 180 valence electrons. The average molecular weight is 478 g/mol. The van der Waals surface area contributed by atoms with Crippen LogP contribution < -0.4 is 14.8 Å². The number of carbonyl (C=O) groups excluding carboxylic acids is 1. The first-order valence-corrected chi connectivity index (χ1v) is 11.1. The SMILES string of the molecule is CCOc1c(/C(C)=C/C(=O)Nc2ccc(F)cc2F)cc2c(-c3ccc(OC)cc3)coc2c1C. The van der Waals surface area contributed by atoms with Gasteiger partial charge >= 0.3 is 0 Å². The average Bonchev–Trinajstić information content (AvgIpc) is 3.27. The standard InChI is InChI=1S/C28H25F2NO4/c1-5-34-27-17(3)28-22(23(15-35-28)18-6-9-20(33-4)10-7-18)14-21(27)16(2)12-26(32)31-25-11-8-19(29)13-24(25)30/h6-15H,5H2,1-4H3,(H,31,32)/b16-12+. The fourth-order valence-electron chi connectivity index (χ4n) is 3.97. The van der Waals surface area contributed by atoms with E-state index in [9.17, 15) is 13.6 Å². The number of aryl methyl sites for hydroxylation is 1. The topological polar surface area (TPSA) is 60.7 Å². The van der Waals surface area contributed by atoms with Gasteiger partial charge in [0.15, 0.2) is 0 Å². The molecule has 7 heteroatoms. The van der Waals surface area contributed by atoms with E-state index in [4.69, 9.17) is 13.9 Å². The van der Waals surface area contributed by atoms with Crippen molar-refractivity contribution in [3.05, 3.63) is 83.6 Å². The van der Waals surface area contributed by atoms with Crippen molar-refractivity contribution in [1.82, 2.24) is 0 Å². The number of methoxy groups -OCH3 is 1. The number of halogens is 2. The number of allylic oxidation sites excluding steroid dienone is 1. The van der Waals surface area contributed by atoms with Crippen LogP contribution in [0.2, 0.25) is 0 Å². The molecule has 0 radical (unpaired) electrons. The predicted octanol–water partition coefficient (Wildman–Crippen LogP) is 7.14. The van der Waals surface area contributed by atoms with E-state index in [1.54, 1.807) is 20.3 Å². The number of rotatable bonds is 7. The number of anilines is 1. The molecule has 0 bridgehead atoms. The number of carbonyl (C=O) groups is 1. The molecule has 0 aliphatic rings. The molecular weight excluding hydrogens is 452 g/mol. The van der Waals surface area contributed by atoms with E-state index < -0.39 is 17.5 Å². The quantitative estimate of drug-likeness (QED) is 0.288. The van der Waals surface area contributed by atoms with E-state index in [2.05, 4.69) is 5.32 Å². The van der Waals surface area contributed by atoms with Crippen LogP contribution in [0.1, 0.15) is 25.0 Å². The summed E-state index contributed by atoms with van der Waals surface area (Å²) in [6.07, 6.45) is 3.06. The maximum Gasteiger partial charge on any atom is 0.248 e. The van der Waals surface area contributed by atoms with Crippen molar-refractivity contribution >= 4 is 28.1 Å². The highest BCUT2D eigenvalue weighted by atomic mass is 19.1. The van der Waals surface area contributed by atoms with Gasteiger partial charge in [-0.15, -0.1) is 0 Å². The van der Waals surface area contributed by atoms with E-state index in [-0.39, 0.29) is 5.69 Å². The van der Waals surface area contributed by atoms with Gasteiger partial charge in [-0.05, 0) is 62.2 Å². The van der Waals surface area contributed by atoms with Gasteiger partial charge in [0.05, 0.1) is 25.7 Å². The molecule has 4 rings (SSSR count). The summed E-state index contributed by atoms with van der Waals surface area (Å²) in [6.45, 7) is 5.98. The maximum atomic E-state index is 14.0. The van der Waals surface area contributed by atoms with E-state index in [0.717, 1.165) is 40.0 Å². The van der Waals surface area contributed by atoms with Crippen LogP contribution in [0, 0.1) is 18.6 Å². The number of amides is 1. The van der Waals surface area contributed by atoms with E-state index >= 15 is 0 Å². The zero-order valence-electron chi connectivity index (χ0n) is 19.9. The third-order valence-electron chi connectivity index (χ3n) is 5.70. The summed E-state index contributed by atoms with van der Waals surface area (Å²) < 4.78 is 44.2. The molecule has 35 heavy (non-hydrogen) atoms. The lowest BCUT2D eigenvalue weighted by molar-refractivity contribution is -0.111. The zero-order valence-corrected chi connectivity index (χ0v) is 19.9. The molecule has 0 saturated carbocycles. The summed E-state index contributed by atoms with van der Waals surface area (Å²) in [5.41, 5.74) is 4.55. The van der Waals surface area contributed by atoms with Crippen molar-refractivity contribution in [3.8, 4) is 22.6 Å². The third-order valence-corrected chi connectivity index (χ3v) is 5.70. The molecule has 0 spiro atoms. The van der Waals surface area contributed by atoms with Gasteiger partial charge in [0.25, 0.3) is 0 Å². The summed E-state index contributed by atoms with van der Waals surface area (Å²) in [4.78, 5) is 12.6. The Labute approximate surface area is 202 Å². The predicted molar refractivity (Wildman–Crippen MR) is 133 cm³/mol. The summed E-state index contributed by atoms with van der Waals surface area (Å²) in [6, 6.07) is 12.6. The number of hydrogen-bond donors (Lipinski definition) is 1. The smallest absolute Gasteiger partial charge is 0.248 e. The zero-order chi connectivity index (χ0) is 25.1. The number of benzene rings is 3. The van der Waals surface area contributed by atoms with Gasteiger partial charge in [-0.1, -0.05) is 12.1 Å². The minimum Gasteiger partial charge on any atom is -0.497 e. The summed E-state index contributed by atoms with van der Waals surface area (Å²) in [7, 11) is 1.61. The third kappa shape index (κ3) is 4.89. The largest absolute Gasteiger partial charge is 0.497 e. The van der Waals surface area contributed by atoms with E-state index in [1.807, 2.05) is 44.2 Å². The molecule has 1 N–H and O–H groups in total. The molecule has 1 aromatic heterocycles. The fraction of sp³-hybridized carbons (Fsp3) is 0.179. The van der Waals surface area contributed by atoms with Crippen molar-refractivity contribution in [2.45, 2.75) is 20.8 Å². The summed E-state index contributed by atoms with van der Waals surface area (Å²) >= 11 is 0.